The molecule has 0 aromatic heterocycles. The van der Waals surface area contributed by atoms with Gasteiger partial charge in [-0.25, -0.2) is 5.48 Å². The first kappa shape index (κ1) is 17.1. The zero-order chi connectivity index (χ0) is 16.8. The molecule has 0 radical (unpaired) electrons. The minimum absolute atomic E-state index is 0.0561. The maximum Gasteiger partial charge on any atom is 0.387 e. The van der Waals surface area contributed by atoms with Gasteiger partial charge in [0.15, 0.2) is 0 Å². The molecule has 2 amide bonds. The Morgan fingerprint density at radius 3 is 2.78 bits per heavy atom. The van der Waals surface area contributed by atoms with E-state index in [0.29, 0.717) is 19.4 Å². The number of halogens is 2. The molecule has 6 nitrogen and oxygen atoms in total. The molecule has 1 atom stereocenters. The Morgan fingerprint density at radius 2 is 2.09 bits per heavy atom. The number of para-hydroxylation sites is 1. The van der Waals surface area contributed by atoms with Crippen molar-refractivity contribution in [1.29, 1.82) is 0 Å². The number of amides is 2. The van der Waals surface area contributed by atoms with Crippen LogP contribution in [0.15, 0.2) is 24.3 Å². The lowest BCUT2D eigenvalue weighted by atomic mass is 9.96. The molecule has 1 aromatic rings. The van der Waals surface area contributed by atoms with Gasteiger partial charge >= 0.3 is 6.61 Å². The Hall–Kier alpha value is -2.22. The summed E-state index contributed by atoms with van der Waals surface area (Å²) in [4.78, 5) is 30.4. The van der Waals surface area contributed by atoms with Gasteiger partial charge < -0.3 is 9.64 Å². The van der Waals surface area contributed by atoms with E-state index in [9.17, 15) is 18.4 Å². The molecule has 1 N–H and O–H groups in total. The zero-order valence-electron chi connectivity index (χ0n) is 12.6. The van der Waals surface area contributed by atoms with Gasteiger partial charge in [-0.1, -0.05) is 12.1 Å². The zero-order valence-corrected chi connectivity index (χ0v) is 12.6. The SMILES string of the molecule is CONC(=O)C1CCCN(C(=O)c2ccccc2OC(F)F)C1. The van der Waals surface area contributed by atoms with E-state index in [1.807, 2.05) is 0 Å². The van der Waals surface area contributed by atoms with Crippen LogP contribution in [0.5, 0.6) is 5.75 Å². The molecule has 2 rings (SSSR count). The molecule has 1 aromatic carbocycles. The highest BCUT2D eigenvalue weighted by Crippen LogP contribution is 2.25. The number of ether oxygens (including phenoxy) is 1. The fourth-order valence-electron chi connectivity index (χ4n) is 2.57. The molecule has 1 aliphatic rings. The van der Waals surface area contributed by atoms with Crippen molar-refractivity contribution in [1.82, 2.24) is 10.4 Å². The van der Waals surface area contributed by atoms with Gasteiger partial charge in [-0.15, -0.1) is 0 Å². The molecular weight excluding hydrogens is 310 g/mol. The summed E-state index contributed by atoms with van der Waals surface area (Å²) >= 11 is 0. The van der Waals surface area contributed by atoms with E-state index in [-0.39, 0.29) is 23.8 Å². The van der Waals surface area contributed by atoms with E-state index < -0.39 is 18.4 Å². The molecule has 1 fully saturated rings. The van der Waals surface area contributed by atoms with Crippen molar-refractivity contribution in [3.8, 4) is 5.75 Å². The molecule has 0 saturated carbocycles. The number of rotatable bonds is 5. The Labute approximate surface area is 132 Å². The van der Waals surface area contributed by atoms with Gasteiger partial charge in [0.05, 0.1) is 18.6 Å². The fourth-order valence-corrected chi connectivity index (χ4v) is 2.57. The quantitative estimate of drug-likeness (QED) is 0.837. The van der Waals surface area contributed by atoms with Crippen molar-refractivity contribution in [3.05, 3.63) is 29.8 Å². The van der Waals surface area contributed by atoms with Crippen LogP contribution in [0.1, 0.15) is 23.2 Å². The van der Waals surface area contributed by atoms with E-state index >= 15 is 0 Å². The molecule has 23 heavy (non-hydrogen) atoms. The predicted molar refractivity (Wildman–Crippen MR) is 76.9 cm³/mol. The van der Waals surface area contributed by atoms with Crippen molar-refractivity contribution in [2.24, 2.45) is 5.92 Å². The lowest BCUT2D eigenvalue weighted by Crippen LogP contribution is -2.45. The van der Waals surface area contributed by atoms with Gasteiger partial charge in [-0.3, -0.25) is 14.4 Å². The van der Waals surface area contributed by atoms with E-state index in [0.717, 1.165) is 0 Å². The van der Waals surface area contributed by atoms with Crippen LogP contribution in [-0.4, -0.2) is 43.5 Å². The van der Waals surface area contributed by atoms with Crippen LogP contribution in [0.4, 0.5) is 8.78 Å². The molecule has 126 valence electrons. The van der Waals surface area contributed by atoms with Gasteiger partial charge in [0, 0.05) is 13.1 Å². The smallest absolute Gasteiger partial charge is 0.387 e. The molecule has 1 aliphatic heterocycles. The summed E-state index contributed by atoms with van der Waals surface area (Å²) in [6, 6.07) is 5.83. The number of hydrogen-bond donors (Lipinski definition) is 1. The normalized spacial score (nSPS) is 17.9. The average molecular weight is 328 g/mol. The number of piperidine rings is 1. The highest BCUT2D eigenvalue weighted by atomic mass is 19.3. The van der Waals surface area contributed by atoms with E-state index in [4.69, 9.17) is 0 Å². The topological polar surface area (TPSA) is 67.9 Å². The molecule has 1 unspecified atom stereocenters. The second-order valence-corrected chi connectivity index (χ2v) is 5.14. The summed E-state index contributed by atoms with van der Waals surface area (Å²) in [5.74, 6) is -1.30. The Bertz CT molecular complexity index is 568. The third kappa shape index (κ3) is 4.38. The number of alkyl halides is 2. The number of hydrogen-bond acceptors (Lipinski definition) is 4. The second-order valence-electron chi connectivity index (χ2n) is 5.14. The van der Waals surface area contributed by atoms with Crippen LogP contribution in [0.25, 0.3) is 0 Å². The van der Waals surface area contributed by atoms with E-state index in [2.05, 4.69) is 15.1 Å². The fraction of sp³-hybridized carbons (Fsp3) is 0.467. The first-order valence-electron chi connectivity index (χ1n) is 7.19. The van der Waals surface area contributed by atoms with Crippen molar-refractivity contribution in [2.75, 3.05) is 20.2 Å². The van der Waals surface area contributed by atoms with Crippen molar-refractivity contribution in [2.45, 2.75) is 19.5 Å². The van der Waals surface area contributed by atoms with Crippen molar-refractivity contribution in [3.63, 3.8) is 0 Å². The summed E-state index contributed by atoms with van der Waals surface area (Å²) in [5, 5.41) is 0. The molecule has 0 spiro atoms. The molecule has 1 heterocycles. The first-order chi connectivity index (χ1) is 11.0. The van der Waals surface area contributed by atoms with Crippen LogP contribution in [0.2, 0.25) is 0 Å². The largest absolute Gasteiger partial charge is 0.434 e. The Morgan fingerprint density at radius 1 is 1.35 bits per heavy atom. The summed E-state index contributed by atoms with van der Waals surface area (Å²) < 4.78 is 29.3. The van der Waals surface area contributed by atoms with Crippen LogP contribution in [0, 0.1) is 5.92 Å². The van der Waals surface area contributed by atoms with Crippen LogP contribution >= 0.6 is 0 Å². The minimum Gasteiger partial charge on any atom is -0.434 e. The molecule has 8 heteroatoms. The molecular formula is C15H18F2N2O4. The van der Waals surface area contributed by atoms with Gasteiger partial charge in [0.25, 0.3) is 5.91 Å². The predicted octanol–water partition coefficient (Wildman–Crippen LogP) is 1.82. The monoisotopic (exact) mass is 328 g/mol. The second kappa shape index (κ2) is 7.87. The standard InChI is InChI=1S/C15H18F2N2O4/c1-22-18-13(20)10-5-4-8-19(9-10)14(21)11-6-2-3-7-12(11)23-15(16)17/h2-3,6-7,10,15H,4-5,8-9H2,1H3,(H,18,20). The number of nitrogens with zero attached hydrogens (tertiary/aromatic N) is 1. The van der Waals surface area contributed by atoms with Crippen molar-refractivity contribution < 1.29 is 27.9 Å². The van der Waals surface area contributed by atoms with Crippen LogP contribution < -0.4 is 10.2 Å². The maximum atomic E-state index is 12.6. The highest BCUT2D eigenvalue weighted by molar-refractivity contribution is 5.97. The summed E-state index contributed by atoms with van der Waals surface area (Å²) in [7, 11) is 1.33. The third-order valence-electron chi connectivity index (χ3n) is 3.62. The number of carbonyl (C=O) groups excluding carboxylic acids is 2. The van der Waals surface area contributed by atoms with Gasteiger partial charge in [0.1, 0.15) is 5.75 Å². The van der Waals surface area contributed by atoms with Crippen LogP contribution in [-0.2, 0) is 9.63 Å². The minimum atomic E-state index is -3.01. The lowest BCUT2D eigenvalue weighted by Gasteiger charge is -2.32. The summed E-state index contributed by atoms with van der Waals surface area (Å²) in [6.07, 6.45) is 1.28. The van der Waals surface area contributed by atoms with Gasteiger partial charge in [-0.05, 0) is 25.0 Å². The van der Waals surface area contributed by atoms with Gasteiger partial charge in [0.2, 0.25) is 5.91 Å². The van der Waals surface area contributed by atoms with Gasteiger partial charge in [-0.2, -0.15) is 8.78 Å². The number of nitrogens with one attached hydrogen (secondary N) is 1. The third-order valence-corrected chi connectivity index (χ3v) is 3.62. The first-order valence-corrected chi connectivity index (χ1v) is 7.19. The Kier molecular flexibility index (Phi) is 5.86. The lowest BCUT2D eigenvalue weighted by molar-refractivity contribution is -0.136. The number of likely N-dealkylation sites (tertiary alicyclic amines) is 1. The summed E-state index contributed by atoms with van der Waals surface area (Å²) in [6.45, 7) is -2.35. The number of hydroxylamine groups is 1. The molecule has 0 aliphatic carbocycles. The number of carbonyl (C=O) groups is 2. The number of benzene rings is 1. The average Bonchev–Trinajstić information content (AvgIpc) is 2.54. The molecule has 0 bridgehead atoms. The molecule has 1 saturated heterocycles. The Balaban J connectivity index is 2.12. The van der Waals surface area contributed by atoms with Crippen molar-refractivity contribution >= 4 is 11.8 Å². The van der Waals surface area contributed by atoms with E-state index in [1.54, 1.807) is 6.07 Å². The van der Waals surface area contributed by atoms with Crippen LogP contribution in [0.3, 0.4) is 0 Å². The summed E-state index contributed by atoms with van der Waals surface area (Å²) in [5.41, 5.74) is 2.31. The van der Waals surface area contributed by atoms with E-state index in [1.165, 1.54) is 30.2 Å². The highest BCUT2D eigenvalue weighted by Gasteiger charge is 2.30. The maximum absolute atomic E-state index is 12.6.